The van der Waals surface area contributed by atoms with Crippen molar-refractivity contribution in [2.24, 2.45) is 7.05 Å². The van der Waals surface area contributed by atoms with Crippen molar-refractivity contribution >= 4 is 32.4 Å². The monoisotopic (exact) mass is 425 g/mol. The number of pyridine rings is 1. The number of aryl methyl sites for hydroxylation is 3. The molecule has 0 aliphatic carbocycles. The van der Waals surface area contributed by atoms with Gasteiger partial charge in [-0.25, -0.2) is 0 Å². The van der Waals surface area contributed by atoms with Crippen molar-refractivity contribution in [2.75, 3.05) is 13.2 Å². The molecule has 0 bridgehead atoms. The summed E-state index contributed by atoms with van der Waals surface area (Å²) in [6.45, 7) is 4.86. The van der Waals surface area contributed by atoms with E-state index in [0.717, 1.165) is 43.4 Å². The van der Waals surface area contributed by atoms with Gasteiger partial charge in [0.15, 0.2) is 5.75 Å². The lowest BCUT2D eigenvalue weighted by Crippen LogP contribution is -2.24. The first kappa shape index (κ1) is 17.9. The summed E-state index contributed by atoms with van der Waals surface area (Å²) in [4.78, 5) is 12.8. The summed E-state index contributed by atoms with van der Waals surface area (Å²) in [6.07, 6.45) is 1.99. The zero-order chi connectivity index (χ0) is 19.1. The van der Waals surface area contributed by atoms with E-state index in [1.807, 2.05) is 36.4 Å². The molecule has 138 valence electrons. The minimum Gasteiger partial charge on any atom is -0.489 e. The van der Waals surface area contributed by atoms with Gasteiger partial charge in [-0.05, 0) is 61.4 Å². The SMILES string of the molecule is Cc1cc(C)cc(OCC2=CCOc3c2c2cc(Br)ccc2n(C)c3=O)c1. The van der Waals surface area contributed by atoms with Crippen LogP contribution < -0.4 is 15.0 Å². The Kier molecular flexibility index (Phi) is 4.56. The maximum atomic E-state index is 12.8. The Morgan fingerprint density at radius 3 is 2.63 bits per heavy atom. The number of fused-ring (bicyclic) bond motifs is 3. The van der Waals surface area contributed by atoms with Gasteiger partial charge in [0.25, 0.3) is 5.56 Å². The molecule has 5 heteroatoms. The van der Waals surface area contributed by atoms with E-state index in [2.05, 4.69) is 35.8 Å². The molecule has 27 heavy (non-hydrogen) atoms. The van der Waals surface area contributed by atoms with Gasteiger partial charge >= 0.3 is 0 Å². The lowest BCUT2D eigenvalue weighted by molar-refractivity contribution is 0.338. The van der Waals surface area contributed by atoms with Crippen molar-refractivity contribution in [3.63, 3.8) is 0 Å². The quantitative estimate of drug-likeness (QED) is 0.606. The molecular weight excluding hydrogens is 406 g/mol. The first-order valence-corrected chi connectivity index (χ1v) is 9.59. The van der Waals surface area contributed by atoms with Gasteiger partial charge in [-0.1, -0.05) is 22.0 Å². The number of benzene rings is 2. The molecule has 4 nitrogen and oxygen atoms in total. The van der Waals surface area contributed by atoms with Crippen LogP contribution in [-0.4, -0.2) is 17.8 Å². The molecule has 1 aliphatic heterocycles. The summed E-state index contributed by atoms with van der Waals surface area (Å²) in [5.74, 6) is 1.22. The number of rotatable bonds is 3. The molecule has 0 spiro atoms. The molecule has 0 saturated carbocycles. The van der Waals surface area contributed by atoms with Gasteiger partial charge in [-0.2, -0.15) is 0 Å². The summed E-state index contributed by atoms with van der Waals surface area (Å²) in [7, 11) is 1.77. The summed E-state index contributed by atoms with van der Waals surface area (Å²) < 4.78 is 14.4. The molecule has 2 aromatic carbocycles. The molecule has 0 N–H and O–H groups in total. The molecule has 3 aromatic rings. The highest BCUT2D eigenvalue weighted by Crippen LogP contribution is 2.35. The number of nitrogens with zero attached hydrogens (tertiary/aromatic N) is 1. The molecule has 0 radical (unpaired) electrons. The lowest BCUT2D eigenvalue weighted by Gasteiger charge is -2.22. The fraction of sp³-hybridized carbons (Fsp3) is 0.227. The number of ether oxygens (including phenoxy) is 2. The van der Waals surface area contributed by atoms with Gasteiger partial charge in [-0.15, -0.1) is 0 Å². The number of halogens is 1. The van der Waals surface area contributed by atoms with Crippen LogP contribution >= 0.6 is 15.9 Å². The first-order valence-electron chi connectivity index (χ1n) is 8.79. The van der Waals surface area contributed by atoms with Crippen LogP contribution in [0.2, 0.25) is 0 Å². The summed E-state index contributed by atoms with van der Waals surface area (Å²) >= 11 is 3.54. The maximum absolute atomic E-state index is 12.8. The molecule has 0 fully saturated rings. The first-order chi connectivity index (χ1) is 12.9. The van der Waals surface area contributed by atoms with Crippen molar-refractivity contribution in [1.82, 2.24) is 4.57 Å². The number of hydrogen-bond donors (Lipinski definition) is 0. The molecule has 1 aromatic heterocycles. The lowest BCUT2D eigenvalue weighted by atomic mass is 9.98. The molecule has 0 saturated heterocycles. The predicted octanol–water partition coefficient (Wildman–Crippen LogP) is 4.77. The second-order valence-electron chi connectivity index (χ2n) is 6.88. The van der Waals surface area contributed by atoms with Crippen molar-refractivity contribution < 1.29 is 9.47 Å². The Morgan fingerprint density at radius 2 is 1.89 bits per heavy atom. The van der Waals surface area contributed by atoms with Gasteiger partial charge in [0.1, 0.15) is 19.0 Å². The van der Waals surface area contributed by atoms with Crippen molar-refractivity contribution in [1.29, 1.82) is 0 Å². The van der Waals surface area contributed by atoms with E-state index in [1.54, 1.807) is 11.6 Å². The van der Waals surface area contributed by atoms with E-state index >= 15 is 0 Å². The molecule has 0 atom stereocenters. The van der Waals surface area contributed by atoms with Crippen molar-refractivity contribution in [3.05, 3.63) is 74.0 Å². The van der Waals surface area contributed by atoms with Crippen LogP contribution in [0.4, 0.5) is 0 Å². The molecule has 4 rings (SSSR count). The van der Waals surface area contributed by atoms with E-state index in [4.69, 9.17) is 9.47 Å². The van der Waals surface area contributed by atoms with E-state index in [0.29, 0.717) is 19.0 Å². The number of aromatic nitrogens is 1. The maximum Gasteiger partial charge on any atom is 0.293 e. The van der Waals surface area contributed by atoms with E-state index in [-0.39, 0.29) is 5.56 Å². The van der Waals surface area contributed by atoms with Crippen LogP contribution in [0.25, 0.3) is 16.5 Å². The fourth-order valence-corrected chi connectivity index (χ4v) is 3.94. The van der Waals surface area contributed by atoms with Gasteiger partial charge in [0.2, 0.25) is 0 Å². The standard InChI is InChI=1S/C22H20BrNO3/c1-13-8-14(2)10-17(9-13)27-12-15-6-7-26-21-20(15)18-11-16(23)4-5-19(18)24(3)22(21)25/h4-6,8-11H,7,12H2,1-3H3. The minimum absolute atomic E-state index is 0.128. The fourth-order valence-electron chi connectivity index (χ4n) is 3.58. The molecule has 2 heterocycles. The third-order valence-corrected chi connectivity index (χ3v) is 5.28. The summed E-state index contributed by atoms with van der Waals surface area (Å²) in [6, 6.07) is 12.1. The van der Waals surface area contributed by atoms with Crippen molar-refractivity contribution in [2.45, 2.75) is 13.8 Å². The predicted molar refractivity (Wildman–Crippen MR) is 112 cm³/mol. The van der Waals surface area contributed by atoms with Gasteiger partial charge in [0, 0.05) is 28.0 Å². The Hall–Kier alpha value is -2.53. The van der Waals surface area contributed by atoms with Crippen LogP contribution in [0.5, 0.6) is 11.5 Å². The van der Waals surface area contributed by atoms with E-state index < -0.39 is 0 Å². The zero-order valence-electron chi connectivity index (χ0n) is 15.5. The van der Waals surface area contributed by atoms with Crippen LogP contribution in [0.1, 0.15) is 16.7 Å². The van der Waals surface area contributed by atoms with Crippen molar-refractivity contribution in [3.8, 4) is 11.5 Å². The molecule has 1 aliphatic rings. The topological polar surface area (TPSA) is 40.5 Å². The highest BCUT2D eigenvalue weighted by molar-refractivity contribution is 9.10. The Labute approximate surface area is 166 Å². The van der Waals surface area contributed by atoms with Gasteiger partial charge in [-0.3, -0.25) is 4.79 Å². The molecule has 0 unspecified atom stereocenters. The van der Waals surface area contributed by atoms with Crippen LogP contribution in [-0.2, 0) is 7.05 Å². The Morgan fingerprint density at radius 1 is 1.15 bits per heavy atom. The second-order valence-corrected chi connectivity index (χ2v) is 7.80. The Balaban J connectivity index is 1.79. The second kappa shape index (κ2) is 6.89. The average molecular weight is 426 g/mol. The van der Waals surface area contributed by atoms with Crippen LogP contribution in [0.15, 0.2) is 51.7 Å². The number of hydrogen-bond acceptors (Lipinski definition) is 3. The molecule has 0 amide bonds. The summed E-state index contributed by atoms with van der Waals surface area (Å²) in [5, 5.41) is 0.969. The van der Waals surface area contributed by atoms with E-state index in [9.17, 15) is 4.79 Å². The third-order valence-electron chi connectivity index (χ3n) is 4.78. The van der Waals surface area contributed by atoms with E-state index in [1.165, 1.54) is 0 Å². The van der Waals surface area contributed by atoms with Crippen LogP contribution in [0, 0.1) is 13.8 Å². The normalized spacial score (nSPS) is 13.1. The molecular formula is C22H20BrNO3. The zero-order valence-corrected chi connectivity index (χ0v) is 17.1. The van der Waals surface area contributed by atoms with Gasteiger partial charge < -0.3 is 14.0 Å². The Bertz CT molecular complexity index is 1120. The largest absolute Gasteiger partial charge is 0.489 e. The van der Waals surface area contributed by atoms with Crippen LogP contribution in [0.3, 0.4) is 0 Å². The minimum atomic E-state index is -0.128. The summed E-state index contributed by atoms with van der Waals surface area (Å²) in [5.41, 5.74) is 4.85. The third kappa shape index (κ3) is 3.28. The van der Waals surface area contributed by atoms with Gasteiger partial charge in [0.05, 0.1) is 5.52 Å². The highest BCUT2D eigenvalue weighted by atomic mass is 79.9. The highest BCUT2D eigenvalue weighted by Gasteiger charge is 2.23. The average Bonchev–Trinajstić information content (AvgIpc) is 2.63. The smallest absolute Gasteiger partial charge is 0.293 e.